The number of hydrogen-bond acceptors (Lipinski definition) is 2. The molecule has 1 aliphatic heterocycles. The van der Waals surface area contributed by atoms with Crippen molar-refractivity contribution in [2.45, 2.75) is 12.8 Å². The fourth-order valence-corrected chi connectivity index (χ4v) is 3.15. The van der Waals surface area contributed by atoms with Gasteiger partial charge in [-0.25, -0.2) is 0 Å². The third kappa shape index (κ3) is 4.25. The van der Waals surface area contributed by atoms with Gasteiger partial charge in [-0.3, -0.25) is 4.90 Å². The van der Waals surface area contributed by atoms with Crippen LogP contribution in [0.25, 0.3) is 0 Å². The molecule has 3 heteroatoms. The van der Waals surface area contributed by atoms with Crippen molar-refractivity contribution in [3.05, 3.63) is 65.2 Å². The van der Waals surface area contributed by atoms with Gasteiger partial charge in [0.2, 0.25) is 0 Å². The van der Waals surface area contributed by atoms with Crippen LogP contribution in [-0.4, -0.2) is 37.6 Å². The summed E-state index contributed by atoms with van der Waals surface area (Å²) in [6.45, 7) is 5.77. The second kappa shape index (κ2) is 7.66. The fourth-order valence-electron chi connectivity index (χ4n) is 3.03. The highest BCUT2D eigenvalue weighted by molar-refractivity contribution is 6.30. The van der Waals surface area contributed by atoms with E-state index in [1.165, 1.54) is 24.2 Å². The van der Waals surface area contributed by atoms with Gasteiger partial charge in [0.25, 0.3) is 0 Å². The van der Waals surface area contributed by atoms with Crippen molar-refractivity contribution >= 4 is 17.3 Å². The lowest BCUT2D eigenvalue weighted by Gasteiger charge is -2.36. The SMILES string of the molecule is Clc1ccc(CCCN2CCN(c3ccccc3)CC2)cc1. The minimum absolute atomic E-state index is 0.820. The van der Waals surface area contributed by atoms with Crippen LogP contribution < -0.4 is 4.90 Å². The summed E-state index contributed by atoms with van der Waals surface area (Å²) in [5, 5.41) is 0.820. The largest absolute Gasteiger partial charge is 0.369 e. The maximum Gasteiger partial charge on any atom is 0.0406 e. The van der Waals surface area contributed by atoms with Crippen LogP contribution in [0.2, 0.25) is 5.02 Å². The van der Waals surface area contributed by atoms with Crippen LogP contribution in [0.5, 0.6) is 0 Å². The molecule has 0 bridgehead atoms. The Labute approximate surface area is 138 Å². The molecule has 1 saturated heterocycles. The lowest BCUT2D eigenvalue weighted by molar-refractivity contribution is 0.255. The molecule has 1 aliphatic rings. The Kier molecular flexibility index (Phi) is 5.36. The van der Waals surface area contributed by atoms with Crippen LogP contribution in [0.1, 0.15) is 12.0 Å². The molecule has 0 spiro atoms. The molecule has 0 N–H and O–H groups in total. The number of benzene rings is 2. The summed E-state index contributed by atoms with van der Waals surface area (Å²) in [4.78, 5) is 5.06. The van der Waals surface area contributed by atoms with Crippen LogP contribution in [0.4, 0.5) is 5.69 Å². The van der Waals surface area contributed by atoms with E-state index >= 15 is 0 Å². The first-order valence-electron chi connectivity index (χ1n) is 8.08. The fraction of sp³-hybridized carbons (Fsp3) is 0.368. The van der Waals surface area contributed by atoms with Crippen molar-refractivity contribution in [2.75, 3.05) is 37.6 Å². The highest BCUT2D eigenvalue weighted by Gasteiger charge is 2.16. The van der Waals surface area contributed by atoms with Gasteiger partial charge < -0.3 is 4.90 Å². The number of halogens is 1. The van der Waals surface area contributed by atoms with Gasteiger partial charge in [-0.15, -0.1) is 0 Å². The quantitative estimate of drug-likeness (QED) is 0.820. The highest BCUT2D eigenvalue weighted by Crippen LogP contribution is 2.16. The molecular formula is C19H23ClN2. The minimum atomic E-state index is 0.820. The zero-order chi connectivity index (χ0) is 15.2. The zero-order valence-electron chi connectivity index (χ0n) is 12.9. The summed E-state index contributed by atoms with van der Waals surface area (Å²) >= 11 is 5.92. The molecule has 0 aromatic heterocycles. The topological polar surface area (TPSA) is 6.48 Å². The molecule has 22 heavy (non-hydrogen) atoms. The standard InChI is InChI=1S/C19H23ClN2/c20-18-10-8-17(9-11-18)5-4-12-21-13-15-22(16-14-21)19-6-2-1-3-7-19/h1-3,6-11H,4-5,12-16H2. The van der Waals surface area contributed by atoms with E-state index in [0.717, 1.165) is 37.6 Å². The first-order chi connectivity index (χ1) is 10.8. The average molecular weight is 315 g/mol. The maximum absolute atomic E-state index is 5.92. The Bertz CT molecular complexity index is 560. The van der Waals surface area contributed by atoms with Crippen LogP contribution >= 0.6 is 11.6 Å². The second-order valence-electron chi connectivity index (χ2n) is 5.89. The van der Waals surface area contributed by atoms with Gasteiger partial charge in [-0.2, -0.15) is 0 Å². The van der Waals surface area contributed by atoms with E-state index in [2.05, 4.69) is 52.3 Å². The summed E-state index contributed by atoms with van der Waals surface area (Å²) < 4.78 is 0. The number of rotatable bonds is 5. The van der Waals surface area contributed by atoms with Crippen molar-refractivity contribution in [3.63, 3.8) is 0 Å². The van der Waals surface area contributed by atoms with E-state index < -0.39 is 0 Å². The number of aryl methyl sites for hydroxylation is 1. The Morgan fingerprint density at radius 1 is 0.818 bits per heavy atom. The van der Waals surface area contributed by atoms with Crippen molar-refractivity contribution in [1.82, 2.24) is 4.90 Å². The third-order valence-electron chi connectivity index (χ3n) is 4.35. The van der Waals surface area contributed by atoms with E-state index in [1.807, 2.05) is 12.1 Å². The molecule has 0 amide bonds. The Hall–Kier alpha value is -1.51. The molecule has 2 aromatic carbocycles. The molecule has 0 saturated carbocycles. The number of hydrogen-bond donors (Lipinski definition) is 0. The average Bonchev–Trinajstić information content (AvgIpc) is 2.58. The Morgan fingerprint density at radius 2 is 1.50 bits per heavy atom. The third-order valence-corrected chi connectivity index (χ3v) is 4.60. The smallest absolute Gasteiger partial charge is 0.0406 e. The molecule has 0 aliphatic carbocycles. The highest BCUT2D eigenvalue weighted by atomic mass is 35.5. The van der Waals surface area contributed by atoms with Crippen LogP contribution in [0.3, 0.4) is 0 Å². The van der Waals surface area contributed by atoms with Gasteiger partial charge in [0, 0.05) is 36.9 Å². The summed E-state index contributed by atoms with van der Waals surface area (Å²) in [7, 11) is 0. The Morgan fingerprint density at radius 3 is 2.18 bits per heavy atom. The van der Waals surface area contributed by atoms with E-state index in [0.29, 0.717) is 0 Å². The summed E-state index contributed by atoms with van der Waals surface area (Å²) in [5.74, 6) is 0. The van der Waals surface area contributed by atoms with Crippen LogP contribution in [-0.2, 0) is 6.42 Å². The van der Waals surface area contributed by atoms with Gasteiger partial charge >= 0.3 is 0 Å². The van der Waals surface area contributed by atoms with E-state index in [-0.39, 0.29) is 0 Å². The molecule has 2 aromatic rings. The number of anilines is 1. The van der Waals surface area contributed by atoms with E-state index in [4.69, 9.17) is 11.6 Å². The first kappa shape index (κ1) is 15.4. The van der Waals surface area contributed by atoms with Gasteiger partial charge in [-0.05, 0) is 49.2 Å². The molecule has 0 atom stereocenters. The van der Waals surface area contributed by atoms with Gasteiger partial charge in [-0.1, -0.05) is 41.9 Å². The van der Waals surface area contributed by atoms with Crippen LogP contribution in [0, 0.1) is 0 Å². The predicted molar refractivity (Wildman–Crippen MR) is 94.9 cm³/mol. The molecule has 116 valence electrons. The molecule has 1 heterocycles. The Balaban J connectivity index is 1.40. The number of piperazine rings is 1. The van der Waals surface area contributed by atoms with Gasteiger partial charge in [0.15, 0.2) is 0 Å². The zero-order valence-corrected chi connectivity index (χ0v) is 13.7. The first-order valence-corrected chi connectivity index (χ1v) is 8.46. The summed E-state index contributed by atoms with van der Waals surface area (Å²) in [5.41, 5.74) is 2.73. The van der Waals surface area contributed by atoms with E-state index in [9.17, 15) is 0 Å². The van der Waals surface area contributed by atoms with Gasteiger partial charge in [0.05, 0.1) is 0 Å². The summed E-state index contributed by atoms with van der Waals surface area (Å²) in [6, 6.07) is 19.0. The predicted octanol–water partition coefficient (Wildman–Crippen LogP) is 4.09. The van der Waals surface area contributed by atoms with E-state index in [1.54, 1.807) is 0 Å². The maximum atomic E-state index is 5.92. The van der Waals surface area contributed by atoms with Crippen LogP contribution in [0.15, 0.2) is 54.6 Å². The molecule has 3 rings (SSSR count). The molecule has 0 radical (unpaired) electrons. The molecule has 2 nitrogen and oxygen atoms in total. The van der Waals surface area contributed by atoms with Crippen molar-refractivity contribution in [2.24, 2.45) is 0 Å². The number of para-hydroxylation sites is 1. The van der Waals surface area contributed by atoms with Crippen molar-refractivity contribution in [1.29, 1.82) is 0 Å². The monoisotopic (exact) mass is 314 g/mol. The lowest BCUT2D eigenvalue weighted by atomic mass is 10.1. The van der Waals surface area contributed by atoms with Crippen molar-refractivity contribution < 1.29 is 0 Å². The molecule has 0 unspecified atom stereocenters. The normalized spacial score (nSPS) is 16.0. The van der Waals surface area contributed by atoms with Crippen molar-refractivity contribution in [3.8, 4) is 0 Å². The molecule has 1 fully saturated rings. The number of nitrogens with zero attached hydrogens (tertiary/aromatic N) is 2. The summed E-state index contributed by atoms with van der Waals surface area (Å²) in [6.07, 6.45) is 2.35. The minimum Gasteiger partial charge on any atom is -0.369 e. The molecular weight excluding hydrogens is 292 g/mol. The van der Waals surface area contributed by atoms with Gasteiger partial charge in [0.1, 0.15) is 0 Å². The second-order valence-corrected chi connectivity index (χ2v) is 6.33. The lowest BCUT2D eigenvalue weighted by Crippen LogP contribution is -2.46.